The molecular weight excluding hydrogens is 491 g/mol. The fraction of sp³-hybridized carbons (Fsp3) is 0.600. The second kappa shape index (κ2) is 11.3. The molecule has 37 heavy (non-hydrogen) atoms. The van der Waals surface area contributed by atoms with Crippen molar-refractivity contribution < 1.29 is 48.6 Å². The number of aliphatic hydroxyl groups is 4. The van der Waals surface area contributed by atoms with E-state index in [1.54, 1.807) is 37.6 Å². The second-order valence-corrected chi connectivity index (χ2v) is 9.64. The van der Waals surface area contributed by atoms with Crippen LogP contribution in [0.3, 0.4) is 0 Å². The Morgan fingerprint density at radius 3 is 2.46 bits per heavy atom. The third kappa shape index (κ3) is 6.04. The van der Waals surface area contributed by atoms with Crippen molar-refractivity contribution in [1.82, 2.24) is 9.78 Å². The van der Waals surface area contributed by atoms with E-state index in [4.69, 9.17) is 18.9 Å². The number of carbonyl (C=O) groups excluding carboxylic acids is 1. The van der Waals surface area contributed by atoms with Gasteiger partial charge in [-0.1, -0.05) is 19.9 Å². The summed E-state index contributed by atoms with van der Waals surface area (Å²) in [6.45, 7) is 8.17. The van der Waals surface area contributed by atoms with Crippen LogP contribution in [-0.4, -0.2) is 80.3 Å². The van der Waals surface area contributed by atoms with E-state index in [-0.39, 0.29) is 18.3 Å². The second-order valence-electron chi connectivity index (χ2n) is 9.64. The van der Waals surface area contributed by atoms with Gasteiger partial charge in [-0.15, -0.1) is 5.10 Å². The lowest BCUT2D eigenvalue weighted by molar-refractivity contribution is -0.423. The Labute approximate surface area is 214 Å². The summed E-state index contributed by atoms with van der Waals surface area (Å²) in [7, 11) is 1.43. The normalized spacial score (nSPS) is 26.0. The highest BCUT2D eigenvalue weighted by Gasteiger charge is 2.56. The van der Waals surface area contributed by atoms with Gasteiger partial charge >= 0.3 is 11.9 Å². The molecule has 0 radical (unpaired) electrons. The lowest BCUT2D eigenvalue weighted by atomic mass is 9.97. The summed E-state index contributed by atoms with van der Waals surface area (Å²) >= 11 is 0. The molecule has 1 aliphatic heterocycles. The van der Waals surface area contributed by atoms with Gasteiger partial charge in [-0.2, -0.15) is 0 Å². The molecule has 1 fully saturated rings. The maximum absolute atomic E-state index is 14.7. The van der Waals surface area contributed by atoms with E-state index in [9.17, 15) is 29.6 Å². The average molecular weight is 527 g/mol. The average Bonchev–Trinajstić information content (AvgIpc) is 3.14. The monoisotopic (exact) mass is 526 g/mol. The van der Waals surface area contributed by atoms with Gasteiger partial charge in [0, 0.05) is 29.8 Å². The summed E-state index contributed by atoms with van der Waals surface area (Å²) in [6, 6.07) is 4.24. The molecule has 2 heterocycles. The molecule has 3 rings (SSSR count). The van der Waals surface area contributed by atoms with Gasteiger partial charge in [0.15, 0.2) is 6.10 Å². The number of ether oxygens (including phenoxy) is 4. The molecule has 4 N–H and O–H groups in total. The molecule has 1 saturated heterocycles. The van der Waals surface area contributed by atoms with Crippen molar-refractivity contribution in [2.75, 3.05) is 13.7 Å². The Hall–Kier alpha value is -2.77. The van der Waals surface area contributed by atoms with Crippen LogP contribution in [0.25, 0.3) is 0 Å². The number of aromatic nitrogens is 2. The van der Waals surface area contributed by atoms with E-state index < -0.39 is 54.7 Å². The summed E-state index contributed by atoms with van der Waals surface area (Å²) in [6.07, 6.45) is -7.13. The number of methoxy groups -OCH3 is 1. The number of hydrogen-bond acceptors (Lipinski definition) is 10. The molecular formula is C25H35FN2O9. The number of aliphatic hydroxyl groups excluding tert-OH is 3. The van der Waals surface area contributed by atoms with Crippen LogP contribution in [0.1, 0.15) is 50.6 Å². The maximum Gasteiger partial charge on any atom is 0.356 e. The Kier molecular flexibility index (Phi) is 8.81. The first-order chi connectivity index (χ1) is 17.3. The lowest BCUT2D eigenvalue weighted by Gasteiger charge is -2.44. The quantitative estimate of drug-likeness (QED) is 0.277. The maximum atomic E-state index is 14.7. The Bertz CT molecular complexity index is 1110. The number of carbonyl (C=O) groups is 1. The van der Waals surface area contributed by atoms with Crippen molar-refractivity contribution in [3.8, 4) is 11.6 Å². The summed E-state index contributed by atoms with van der Waals surface area (Å²) < 4.78 is 37.5. The fourth-order valence-corrected chi connectivity index (χ4v) is 3.97. The Balaban J connectivity index is 1.94. The third-order valence-electron chi connectivity index (χ3n) is 6.21. The SMILES string of the molecule is COc1ccc(Cc2c(O[C@@]3(O)O[C@H](COC(=O)C(C)C)[C@@H](O)[C@H](O)[C@H]3O)nn(C(C)C)c2C)c(F)c1. The number of rotatable bonds is 9. The van der Waals surface area contributed by atoms with Crippen molar-refractivity contribution in [3.63, 3.8) is 0 Å². The molecule has 1 aromatic carbocycles. The highest BCUT2D eigenvalue weighted by molar-refractivity contribution is 5.71. The summed E-state index contributed by atoms with van der Waals surface area (Å²) in [4.78, 5) is 11.9. The largest absolute Gasteiger partial charge is 0.497 e. The van der Waals surface area contributed by atoms with Crippen LogP contribution < -0.4 is 9.47 Å². The van der Waals surface area contributed by atoms with Crippen molar-refractivity contribution in [1.29, 1.82) is 0 Å². The number of halogens is 1. The van der Waals surface area contributed by atoms with Crippen molar-refractivity contribution in [3.05, 3.63) is 40.8 Å². The molecule has 1 aliphatic rings. The van der Waals surface area contributed by atoms with Crippen molar-refractivity contribution >= 4 is 5.97 Å². The van der Waals surface area contributed by atoms with E-state index in [2.05, 4.69) is 5.10 Å². The molecule has 0 unspecified atom stereocenters. The van der Waals surface area contributed by atoms with E-state index in [0.29, 0.717) is 22.6 Å². The molecule has 1 aromatic heterocycles. The van der Waals surface area contributed by atoms with E-state index in [1.807, 2.05) is 13.8 Å². The first-order valence-electron chi connectivity index (χ1n) is 12.0. The van der Waals surface area contributed by atoms with Gasteiger partial charge in [0.25, 0.3) is 0 Å². The lowest BCUT2D eigenvalue weighted by Crippen LogP contribution is -2.67. The summed E-state index contributed by atoms with van der Waals surface area (Å²) in [5.41, 5.74) is 1.30. The van der Waals surface area contributed by atoms with Crippen LogP contribution in [0.15, 0.2) is 18.2 Å². The zero-order chi connectivity index (χ0) is 27.7. The van der Waals surface area contributed by atoms with Gasteiger partial charge in [-0.3, -0.25) is 9.48 Å². The first kappa shape index (κ1) is 28.8. The van der Waals surface area contributed by atoms with Crippen molar-refractivity contribution in [2.24, 2.45) is 5.92 Å². The van der Waals surface area contributed by atoms with Crippen LogP contribution in [0.2, 0.25) is 0 Å². The summed E-state index contributed by atoms with van der Waals surface area (Å²) in [5, 5.41) is 46.8. The molecule has 11 nitrogen and oxygen atoms in total. The molecule has 2 aromatic rings. The van der Waals surface area contributed by atoms with Gasteiger partial charge in [0.05, 0.1) is 13.0 Å². The molecule has 12 heteroatoms. The predicted octanol–water partition coefficient (Wildman–Crippen LogP) is 1.22. The summed E-state index contributed by atoms with van der Waals surface area (Å²) in [5.74, 6) is -4.28. The standard InChI is InChI=1S/C25H35FN2O9/c1-12(2)24(32)35-11-19-20(29)21(30)22(31)25(33,36-19)37-23-17(14(5)28(27-23)13(3)4)9-15-7-8-16(34-6)10-18(15)26/h7-8,10,12-13,19-22,29-31,33H,9,11H2,1-6H3/t19-,20-,21+,22-,25+/m1/s1. The van der Waals surface area contributed by atoms with E-state index in [1.165, 1.54) is 13.2 Å². The minimum Gasteiger partial charge on any atom is -0.497 e. The minimum absolute atomic E-state index is 0.0104. The van der Waals surface area contributed by atoms with Gasteiger partial charge < -0.3 is 39.4 Å². The Morgan fingerprint density at radius 2 is 1.89 bits per heavy atom. The van der Waals surface area contributed by atoms with E-state index >= 15 is 0 Å². The zero-order valence-corrected chi connectivity index (χ0v) is 21.7. The fourth-order valence-electron chi connectivity index (χ4n) is 3.97. The van der Waals surface area contributed by atoms with Gasteiger partial charge in [0.1, 0.15) is 36.5 Å². The molecule has 0 amide bonds. The molecule has 206 valence electrons. The van der Waals surface area contributed by atoms with E-state index in [0.717, 1.165) is 0 Å². The molecule has 5 atom stereocenters. The predicted molar refractivity (Wildman–Crippen MR) is 127 cm³/mol. The van der Waals surface area contributed by atoms with Crippen LogP contribution in [0.4, 0.5) is 4.39 Å². The molecule has 0 bridgehead atoms. The highest BCUT2D eigenvalue weighted by Crippen LogP contribution is 2.35. The smallest absolute Gasteiger partial charge is 0.356 e. The van der Waals surface area contributed by atoms with Crippen molar-refractivity contribution in [2.45, 2.75) is 77.5 Å². The Morgan fingerprint density at radius 1 is 1.22 bits per heavy atom. The molecule has 0 aliphatic carbocycles. The van der Waals surface area contributed by atoms with Crippen LogP contribution in [-0.2, 0) is 20.7 Å². The number of benzene rings is 1. The molecule has 0 saturated carbocycles. The van der Waals surface area contributed by atoms with Crippen LogP contribution in [0.5, 0.6) is 11.6 Å². The van der Waals surface area contributed by atoms with Crippen LogP contribution in [0, 0.1) is 18.7 Å². The van der Waals surface area contributed by atoms with Crippen LogP contribution >= 0.6 is 0 Å². The van der Waals surface area contributed by atoms with Gasteiger partial charge in [-0.05, 0) is 32.4 Å². The third-order valence-corrected chi connectivity index (χ3v) is 6.21. The minimum atomic E-state index is -2.87. The highest BCUT2D eigenvalue weighted by atomic mass is 19.1. The molecule has 0 spiro atoms. The zero-order valence-electron chi connectivity index (χ0n) is 21.7. The first-order valence-corrected chi connectivity index (χ1v) is 12.0. The topological polar surface area (TPSA) is 153 Å². The van der Waals surface area contributed by atoms with Gasteiger partial charge in [-0.25, -0.2) is 4.39 Å². The number of esters is 1. The number of nitrogens with zero attached hydrogens (tertiary/aromatic N) is 2. The number of hydrogen-bond donors (Lipinski definition) is 4. The van der Waals surface area contributed by atoms with Gasteiger partial charge in [0.2, 0.25) is 5.88 Å².